The number of carbonyl (C=O) groups excluding carboxylic acids is 2. The van der Waals surface area contributed by atoms with Crippen molar-refractivity contribution >= 4 is 32.0 Å². The molecule has 0 bridgehead atoms. The van der Waals surface area contributed by atoms with E-state index in [1.807, 2.05) is 0 Å². The van der Waals surface area contributed by atoms with Crippen LogP contribution >= 0.6 is 0 Å². The second-order valence-corrected chi connectivity index (χ2v) is 13.8. The van der Waals surface area contributed by atoms with Crippen LogP contribution in [-0.2, 0) is 41.4 Å². The van der Waals surface area contributed by atoms with E-state index in [4.69, 9.17) is 18.8 Å². The van der Waals surface area contributed by atoms with E-state index in [0.717, 1.165) is 6.07 Å². The van der Waals surface area contributed by atoms with E-state index >= 15 is 0 Å². The molecule has 2 amide bonds. The van der Waals surface area contributed by atoms with Gasteiger partial charge in [0.2, 0.25) is 10.0 Å². The molecule has 51 heavy (non-hydrogen) atoms. The number of primary sulfonamides is 1. The Morgan fingerprint density at radius 1 is 0.647 bits per heavy atom. The number of nitrogens with one attached hydrogen (secondary N) is 2. The molecule has 0 heterocycles. The van der Waals surface area contributed by atoms with Gasteiger partial charge in [0, 0.05) is 24.2 Å². The predicted octanol–water partition coefficient (Wildman–Crippen LogP) is 4.50. The first-order valence-electron chi connectivity index (χ1n) is 15.0. The number of unbranched alkanes of at least 4 members (excludes halogenated alkanes) is 2. The Balaban J connectivity index is 1.34. The first-order valence-corrected chi connectivity index (χ1v) is 17.9. The van der Waals surface area contributed by atoms with Crippen LogP contribution in [0.3, 0.4) is 0 Å². The zero-order valence-electron chi connectivity index (χ0n) is 26.6. The lowest BCUT2D eigenvalue weighted by Crippen LogP contribution is -2.26. The van der Waals surface area contributed by atoms with Crippen molar-refractivity contribution in [1.82, 2.24) is 10.6 Å². The monoisotopic (exact) mass is 769 g/mol. The number of carbonyl (C=O) groups is 2. The molecule has 0 unspecified atom stereocenters. The fourth-order valence-corrected chi connectivity index (χ4v) is 5.68. The zero-order chi connectivity index (χ0) is 37.9. The maximum Gasteiger partial charge on any atom is 0.416 e. The van der Waals surface area contributed by atoms with Gasteiger partial charge in [-0.3, -0.25) is 13.8 Å². The van der Waals surface area contributed by atoms with Crippen molar-refractivity contribution in [3.63, 3.8) is 0 Å². The van der Waals surface area contributed by atoms with Gasteiger partial charge in [0.05, 0.1) is 40.7 Å². The minimum absolute atomic E-state index is 0.0354. The van der Waals surface area contributed by atoms with Crippen LogP contribution in [-0.4, -0.2) is 68.2 Å². The minimum Gasteiger partial charge on any atom is -0.491 e. The second kappa shape index (κ2) is 17.8. The average Bonchev–Trinajstić information content (AvgIpc) is 3.06. The summed E-state index contributed by atoms with van der Waals surface area (Å²) < 4.78 is 141. The highest BCUT2D eigenvalue weighted by atomic mass is 32.2. The Bertz CT molecular complexity index is 1840. The van der Waals surface area contributed by atoms with Gasteiger partial charge in [-0.2, -0.15) is 34.8 Å². The number of rotatable bonds is 18. The summed E-state index contributed by atoms with van der Waals surface area (Å²) in [6.07, 6.45) is -8.31. The van der Waals surface area contributed by atoms with Gasteiger partial charge in [-0.1, -0.05) is 6.07 Å². The Morgan fingerprint density at radius 3 is 1.75 bits per heavy atom. The van der Waals surface area contributed by atoms with Crippen LogP contribution in [0.5, 0.6) is 5.75 Å². The number of amides is 2. The van der Waals surface area contributed by atoms with Crippen LogP contribution in [0.25, 0.3) is 0 Å². The predicted molar refractivity (Wildman–Crippen MR) is 169 cm³/mol. The van der Waals surface area contributed by atoms with Crippen LogP contribution in [0, 0.1) is 0 Å². The van der Waals surface area contributed by atoms with Crippen molar-refractivity contribution in [1.29, 1.82) is 0 Å². The third-order valence-corrected chi connectivity index (χ3v) is 9.02. The quantitative estimate of drug-likeness (QED) is 0.0954. The molecule has 0 atom stereocenters. The van der Waals surface area contributed by atoms with Gasteiger partial charge in [0.15, 0.2) is 0 Å². The largest absolute Gasteiger partial charge is 0.491 e. The molecule has 280 valence electrons. The first kappa shape index (κ1) is 41.2. The van der Waals surface area contributed by atoms with Gasteiger partial charge in [0.25, 0.3) is 21.9 Å². The minimum atomic E-state index is -5.04. The molecule has 12 nitrogen and oxygen atoms in total. The Kier molecular flexibility index (Phi) is 14.4. The van der Waals surface area contributed by atoms with E-state index < -0.39 is 74.4 Å². The molecular formula is C31H33F6N3O9S2. The summed E-state index contributed by atoms with van der Waals surface area (Å²) in [6, 6.07) is 11.0. The number of ether oxygens (including phenoxy) is 2. The third kappa shape index (κ3) is 13.4. The van der Waals surface area contributed by atoms with Crippen LogP contribution in [0.2, 0.25) is 0 Å². The van der Waals surface area contributed by atoms with Crippen LogP contribution in [0.1, 0.15) is 51.1 Å². The summed E-state index contributed by atoms with van der Waals surface area (Å²) >= 11 is 0. The lowest BCUT2D eigenvalue weighted by atomic mass is 10.1. The molecule has 0 saturated carbocycles. The van der Waals surface area contributed by atoms with Gasteiger partial charge in [0.1, 0.15) is 12.4 Å². The molecule has 4 N–H and O–H groups in total. The second-order valence-electron chi connectivity index (χ2n) is 10.6. The maximum atomic E-state index is 13.0. The van der Waals surface area contributed by atoms with Gasteiger partial charge in [-0.25, -0.2) is 13.6 Å². The van der Waals surface area contributed by atoms with E-state index in [0.29, 0.717) is 37.9 Å². The van der Waals surface area contributed by atoms with E-state index in [9.17, 15) is 52.8 Å². The van der Waals surface area contributed by atoms with Gasteiger partial charge in [-0.05, 0) is 79.9 Å². The Labute approximate surface area is 289 Å². The molecule has 0 radical (unpaired) electrons. The van der Waals surface area contributed by atoms with Crippen molar-refractivity contribution < 1.29 is 66.4 Å². The van der Waals surface area contributed by atoms with E-state index in [-0.39, 0.29) is 46.7 Å². The molecule has 0 aliphatic rings. The molecular weight excluding hydrogens is 736 g/mol. The number of hydrogen-bond donors (Lipinski definition) is 3. The lowest BCUT2D eigenvalue weighted by Gasteiger charge is -2.15. The summed E-state index contributed by atoms with van der Waals surface area (Å²) in [4.78, 5) is 24.3. The standard InChI is InChI=1S/C31H33F6N3O9S2/c32-30(33,34)23-18-24(31(35,36)37)20-25(19-23)48-15-13-47-14-16-49-51(45,46)27-6-4-5-22(17-27)29(42)40-12-3-1-2-11-39-28(41)21-7-9-26(10-8-21)50(38,43)44/h4-10,17-20H,1-3,11-16H2,(H,39,41)(H,40,42)(H2,38,43,44)/i32+0,33+0,34+0,35+0,36+0,37+0. The van der Waals surface area contributed by atoms with Crippen molar-refractivity contribution in [3.8, 4) is 5.75 Å². The first-order chi connectivity index (χ1) is 23.8. The molecule has 3 aromatic rings. The van der Waals surface area contributed by atoms with Crippen molar-refractivity contribution in [2.24, 2.45) is 5.14 Å². The average molecular weight is 770 g/mol. The number of benzene rings is 3. The number of halogens is 6. The van der Waals surface area contributed by atoms with E-state index in [1.165, 1.54) is 42.5 Å². The SMILES string of the molecule is NS(=O)(=O)c1ccc(C(=O)NCCCCCNC(=O)c2cccc(S(=O)(=O)OCCOCCOc3cc(C([19F])([19F])[19F])cc(C([19F])([19F])[19F])c3)c2)cc1. The highest BCUT2D eigenvalue weighted by Gasteiger charge is 2.37. The topological polar surface area (TPSA) is 180 Å². The maximum absolute atomic E-state index is 13.0. The normalized spacial score (nSPS) is 12.4. The van der Waals surface area contributed by atoms with Crippen LogP contribution < -0.4 is 20.5 Å². The molecule has 0 spiro atoms. The molecule has 3 rings (SSSR count). The summed E-state index contributed by atoms with van der Waals surface area (Å²) in [5, 5.41) is 10.4. The van der Waals surface area contributed by atoms with Crippen molar-refractivity contribution in [3.05, 3.63) is 89.0 Å². The van der Waals surface area contributed by atoms with Gasteiger partial charge < -0.3 is 20.1 Å². The van der Waals surface area contributed by atoms with Crippen LogP contribution in [0.4, 0.5) is 26.3 Å². The summed E-state index contributed by atoms with van der Waals surface area (Å²) in [6.45, 7) is -0.989. The lowest BCUT2D eigenvalue weighted by molar-refractivity contribution is -0.143. The zero-order valence-corrected chi connectivity index (χ0v) is 28.2. The Morgan fingerprint density at radius 2 is 1.20 bits per heavy atom. The highest BCUT2D eigenvalue weighted by molar-refractivity contribution is 7.89. The summed E-state index contributed by atoms with van der Waals surface area (Å²) in [5.41, 5.74) is -2.78. The van der Waals surface area contributed by atoms with Crippen LogP contribution in [0.15, 0.2) is 76.5 Å². The van der Waals surface area contributed by atoms with E-state index in [1.54, 1.807) is 0 Å². The van der Waals surface area contributed by atoms with Crippen molar-refractivity contribution in [2.45, 2.75) is 41.4 Å². The molecule has 20 heteroatoms. The number of sulfonamides is 1. The smallest absolute Gasteiger partial charge is 0.416 e. The fraction of sp³-hybridized carbons (Fsp3) is 0.355. The van der Waals surface area contributed by atoms with Gasteiger partial charge >= 0.3 is 12.4 Å². The molecule has 0 aliphatic heterocycles. The third-order valence-electron chi connectivity index (χ3n) is 6.78. The number of hydrogen-bond acceptors (Lipinski definition) is 9. The van der Waals surface area contributed by atoms with E-state index in [2.05, 4.69) is 10.6 Å². The van der Waals surface area contributed by atoms with Crippen molar-refractivity contribution in [2.75, 3.05) is 39.5 Å². The number of nitrogens with two attached hydrogens (primary N) is 1. The fourth-order valence-electron chi connectivity index (χ4n) is 4.22. The summed E-state index contributed by atoms with van der Waals surface area (Å²) in [5.74, 6) is -1.62. The molecule has 0 aromatic heterocycles. The highest BCUT2D eigenvalue weighted by Crippen LogP contribution is 2.38. The molecule has 3 aromatic carbocycles. The Hall–Kier alpha value is -4.24. The molecule has 0 fully saturated rings. The summed E-state index contributed by atoms with van der Waals surface area (Å²) in [7, 11) is -8.20. The molecule has 0 saturated heterocycles. The number of alkyl halides is 6. The van der Waals surface area contributed by atoms with Gasteiger partial charge in [-0.15, -0.1) is 0 Å². The molecule has 0 aliphatic carbocycles.